The standard InChI is InChI=1S/C25H38O9/c1-12-8-15(16(32-11-12)9-14(3)23(30)31)19-13(2)6-7-18(25(19,4)5)34-24-22(29)21(28)20(27)17(10-26)33-24/h8-9,15-18,20-22,24,26-29H,6-7,10-11H2,1-5H3,(H,30,31)/b14-9-/t15-,16-,17-,18+,20-,21+,22-,24+/m1/s1. The average Bonchev–Trinajstić information content (AvgIpc) is 2.77. The van der Waals surface area contributed by atoms with Gasteiger partial charge in [0.25, 0.3) is 0 Å². The van der Waals surface area contributed by atoms with Crippen LogP contribution in [0.15, 0.2) is 34.4 Å². The molecule has 5 N–H and O–H groups in total. The van der Waals surface area contributed by atoms with Crippen LogP contribution >= 0.6 is 0 Å². The van der Waals surface area contributed by atoms with E-state index in [1.807, 2.05) is 20.8 Å². The van der Waals surface area contributed by atoms with Gasteiger partial charge in [0.05, 0.1) is 25.4 Å². The summed E-state index contributed by atoms with van der Waals surface area (Å²) in [5, 5.41) is 49.6. The van der Waals surface area contributed by atoms with E-state index >= 15 is 0 Å². The van der Waals surface area contributed by atoms with Crippen molar-refractivity contribution in [3.05, 3.63) is 34.4 Å². The van der Waals surface area contributed by atoms with Crippen molar-refractivity contribution >= 4 is 5.97 Å². The quantitative estimate of drug-likeness (QED) is 0.279. The van der Waals surface area contributed by atoms with Crippen molar-refractivity contribution in [3.8, 4) is 0 Å². The largest absolute Gasteiger partial charge is 0.478 e. The van der Waals surface area contributed by atoms with Gasteiger partial charge in [0.1, 0.15) is 24.4 Å². The van der Waals surface area contributed by atoms with E-state index in [-0.39, 0.29) is 11.5 Å². The number of carboxylic acid groups (broad SMARTS) is 1. The average molecular weight is 483 g/mol. The van der Waals surface area contributed by atoms with Crippen LogP contribution in [0.1, 0.15) is 47.5 Å². The Morgan fingerprint density at radius 1 is 1.21 bits per heavy atom. The van der Waals surface area contributed by atoms with Gasteiger partial charge in [-0.15, -0.1) is 0 Å². The van der Waals surface area contributed by atoms with Crippen molar-refractivity contribution in [2.75, 3.05) is 13.2 Å². The third kappa shape index (κ3) is 5.31. The molecule has 0 spiro atoms. The fraction of sp³-hybridized carbons (Fsp3) is 0.720. The fourth-order valence-corrected chi connectivity index (χ4v) is 5.36. The third-order valence-electron chi connectivity index (χ3n) is 7.29. The zero-order valence-corrected chi connectivity index (χ0v) is 20.5. The molecule has 8 atom stereocenters. The van der Waals surface area contributed by atoms with E-state index < -0.39 is 60.9 Å². The third-order valence-corrected chi connectivity index (χ3v) is 7.29. The highest BCUT2D eigenvalue weighted by molar-refractivity contribution is 5.85. The van der Waals surface area contributed by atoms with Crippen LogP contribution < -0.4 is 0 Å². The van der Waals surface area contributed by atoms with Gasteiger partial charge in [0.15, 0.2) is 6.29 Å². The molecule has 0 aromatic heterocycles. The van der Waals surface area contributed by atoms with Gasteiger partial charge in [-0.05, 0) is 39.7 Å². The van der Waals surface area contributed by atoms with Gasteiger partial charge in [-0.2, -0.15) is 0 Å². The van der Waals surface area contributed by atoms with Gasteiger partial charge >= 0.3 is 5.97 Å². The van der Waals surface area contributed by atoms with E-state index in [4.69, 9.17) is 14.2 Å². The summed E-state index contributed by atoms with van der Waals surface area (Å²) in [4.78, 5) is 11.5. The first kappa shape index (κ1) is 27.0. The number of ether oxygens (including phenoxy) is 3. The maximum absolute atomic E-state index is 11.5. The first-order valence-electron chi connectivity index (χ1n) is 11.7. The Balaban J connectivity index is 1.91. The van der Waals surface area contributed by atoms with E-state index in [0.29, 0.717) is 13.0 Å². The Morgan fingerprint density at radius 2 is 1.88 bits per heavy atom. The number of aliphatic carboxylic acids is 1. The van der Waals surface area contributed by atoms with E-state index in [0.717, 1.165) is 17.6 Å². The van der Waals surface area contributed by atoms with E-state index in [9.17, 15) is 30.3 Å². The number of allylic oxidation sites excluding steroid dienone is 1. The first-order chi connectivity index (χ1) is 15.9. The molecule has 0 aromatic carbocycles. The lowest BCUT2D eigenvalue weighted by atomic mass is 9.64. The smallest absolute Gasteiger partial charge is 0.331 e. The molecule has 9 nitrogen and oxygen atoms in total. The van der Waals surface area contributed by atoms with E-state index in [1.165, 1.54) is 5.57 Å². The lowest BCUT2D eigenvalue weighted by Crippen LogP contribution is -2.60. The molecule has 1 aliphatic carbocycles. The molecule has 0 unspecified atom stereocenters. The van der Waals surface area contributed by atoms with E-state index in [1.54, 1.807) is 13.0 Å². The molecule has 1 fully saturated rings. The summed E-state index contributed by atoms with van der Waals surface area (Å²) in [5.74, 6) is -1.19. The van der Waals surface area contributed by atoms with Crippen LogP contribution in [-0.2, 0) is 19.0 Å². The van der Waals surface area contributed by atoms with Gasteiger partial charge in [-0.25, -0.2) is 4.79 Å². The second kappa shape index (κ2) is 10.6. The normalized spacial score (nSPS) is 39.1. The summed E-state index contributed by atoms with van der Waals surface area (Å²) in [6, 6.07) is 0. The number of carbonyl (C=O) groups is 1. The molecule has 34 heavy (non-hydrogen) atoms. The lowest BCUT2D eigenvalue weighted by Gasteiger charge is -2.48. The van der Waals surface area contributed by atoms with Crippen molar-refractivity contribution in [2.24, 2.45) is 11.3 Å². The predicted molar refractivity (Wildman–Crippen MR) is 123 cm³/mol. The molecular weight excluding hydrogens is 444 g/mol. The highest BCUT2D eigenvalue weighted by atomic mass is 16.7. The molecule has 0 bridgehead atoms. The Hall–Kier alpha value is -1.59. The van der Waals surface area contributed by atoms with Crippen LogP contribution in [0.2, 0.25) is 0 Å². The summed E-state index contributed by atoms with van der Waals surface area (Å²) in [5.41, 5.74) is 2.96. The summed E-state index contributed by atoms with van der Waals surface area (Å²) < 4.78 is 17.8. The molecule has 192 valence electrons. The Bertz CT molecular complexity index is 856. The lowest BCUT2D eigenvalue weighted by molar-refractivity contribution is -0.318. The van der Waals surface area contributed by atoms with Crippen LogP contribution in [0, 0.1) is 11.3 Å². The molecule has 0 saturated carbocycles. The highest BCUT2D eigenvalue weighted by Crippen LogP contribution is 2.49. The molecule has 0 radical (unpaired) electrons. The number of carboxylic acids is 1. The van der Waals surface area contributed by atoms with Crippen LogP contribution in [-0.4, -0.2) is 87.6 Å². The van der Waals surface area contributed by atoms with Gasteiger partial charge < -0.3 is 39.7 Å². The molecular formula is C25H38O9. The molecule has 3 aliphatic rings. The second-order valence-electron chi connectivity index (χ2n) is 10.2. The van der Waals surface area contributed by atoms with Gasteiger partial charge in [0.2, 0.25) is 0 Å². The topological polar surface area (TPSA) is 146 Å². The summed E-state index contributed by atoms with van der Waals surface area (Å²) >= 11 is 0. The van der Waals surface area contributed by atoms with Crippen LogP contribution in [0.4, 0.5) is 0 Å². The minimum atomic E-state index is -1.51. The number of aliphatic hydroxyl groups excluding tert-OH is 4. The second-order valence-corrected chi connectivity index (χ2v) is 10.2. The monoisotopic (exact) mass is 482 g/mol. The minimum Gasteiger partial charge on any atom is -0.478 e. The van der Waals surface area contributed by atoms with Crippen LogP contribution in [0.5, 0.6) is 0 Å². The number of rotatable bonds is 6. The Morgan fingerprint density at radius 3 is 2.50 bits per heavy atom. The molecule has 1 saturated heterocycles. The highest BCUT2D eigenvalue weighted by Gasteiger charge is 2.49. The molecule has 3 rings (SSSR count). The fourth-order valence-electron chi connectivity index (χ4n) is 5.36. The summed E-state index contributed by atoms with van der Waals surface area (Å²) in [7, 11) is 0. The SMILES string of the molecule is CC1=C[C@@H](C2=C(C)CC[C@H](O[C@@H]3O[C@H](CO)[C@@H](O)[C@H](O)[C@H]3O)C2(C)C)[C@@H](/C=C(/C)C(=O)O)OC1. The molecule has 9 heteroatoms. The molecule has 0 aromatic rings. The van der Waals surface area contributed by atoms with Crippen molar-refractivity contribution in [2.45, 2.75) is 90.4 Å². The van der Waals surface area contributed by atoms with Crippen LogP contribution in [0.3, 0.4) is 0 Å². The van der Waals surface area contributed by atoms with Crippen molar-refractivity contribution in [1.82, 2.24) is 0 Å². The maximum Gasteiger partial charge on any atom is 0.331 e. The zero-order valence-electron chi connectivity index (χ0n) is 20.5. The van der Waals surface area contributed by atoms with E-state index in [2.05, 4.69) is 13.0 Å². The van der Waals surface area contributed by atoms with Crippen molar-refractivity contribution in [3.63, 3.8) is 0 Å². The maximum atomic E-state index is 11.5. The molecule has 2 aliphatic heterocycles. The Labute approximate surface area is 200 Å². The number of hydrogen-bond donors (Lipinski definition) is 5. The predicted octanol–water partition coefficient (Wildman–Crippen LogP) is 1.30. The van der Waals surface area contributed by atoms with Gasteiger partial charge in [0, 0.05) is 16.9 Å². The van der Waals surface area contributed by atoms with Crippen molar-refractivity contribution < 1.29 is 44.5 Å². The van der Waals surface area contributed by atoms with Gasteiger partial charge in [-0.1, -0.05) is 36.6 Å². The summed E-state index contributed by atoms with van der Waals surface area (Å²) in [6.07, 6.45) is -2.42. The van der Waals surface area contributed by atoms with Gasteiger partial charge in [-0.3, -0.25) is 0 Å². The number of aliphatic hydroxyl groups is 4. The minimum absolute atomic E-state index is 0.195. The zero-order chi connectivity index (χ0) is 25.4. The van der Waals surface area contributed by atoms with Crippen LogP contribution in [0.25, 0.3) is 0 Å². The first-order valence-corrected chi connectivity index (χ1v) is 11.7. The molecule has 2 heterocycles. The summed E-state index contributed by atoms with van der Waals surface area (Å²) in [6.45, 7) is 9.54. The molecule has 0 amide bonds. The number of hydrogen-bond acceptors (Lipinski definition) is 8. The Kier molecular flexibility index (Phi) is 8.40. The van der Waals surface area contributed by atoms with Crippen molar-refractivity contribution in [1.29, 1.82) is 0 Å².